The molecule has 0 unspecified atom stereocenters. The van der Waals surface area contributed by atoms with Crippen molar-refractivity contribution in [3.05, 3.63) is 63.9 Å². The van der Waals surface area contributed by atoms with E-state index in [1.165, 1.54) is 50.2 Å². The van der Waals surface area contributed by atoms with Gasteiger partial charge in [0.25, 0.3) is 0 Å². The number of anilines is 1. The summed E-state index contributed by atoms with van der Waals surface area (Å²) >= 11 is 12.2. The molecule has 1 N–H and O–H groups in total. The first-order valence-corrected chi connectivity index (χ1v) is 12.5. The maximum atomic E-state index is 14.6. The second kappa shape index (κ2) is 11.8. The number of carbonyl (C=O) groups is 2. The van der Waals surface area contributed by atoms with E-state index in [9.17, 15) is 22.4 Å². The summed E-state index contributed by atoms with van der Waals surface area (Å²) in [5.74, 6) is -1.97. The normalized spacial score (nSPS) is 12.4. The predicted molar refractivity (Wildman–Crippen MR) is 132 cm³/mol. The first kappa shape index (κ1) is 27.8. The van der Waals surface area contributed by atoms with Crippen LogP contribution >= 0.6 is 23.2 Å². The minimum Gasteiger partial charge on any atom is -0.355 e. The second-order valence-electron chi connectivity index (χ2n) is 7.58. The average molecular weight is 533 g/mol. The van der Waals surface area contributed by atoms with Gasteiger partial charge in [-0.25, -0.2) is 8.70 Å². The Kier molecular flexibility index (Phi) is 9.69. The minimum atomic E-state index is -4.25. The molecule has 0 aliphatic carbocycles. The Morgan fingerprint density at radius 3 is 2.32 bits per heavy atom. The monoisotopic (exact) mass is 532 g/mol. The van der Waals surface area contributed by atoms with Crippen molar-refractivity contribution in [2.24, 2.45) is 0 Å². The lowest BCUT2D eigenvalue weighted by Crippen LogP contribution is -2.52. The molecule has 34 heavy (non-hydrogen) atoms. The molecule has 0 aromatic heterocycles. The van der Waals surface area contributed by atoms with Crippen LogP contribution in [0.3, 0.4) is 0 Å². The molecule has 0 bridgehead atoms. The molecule has 0 heterocycles. The van der Waals surface area contributed by atoms with Gasteiger partial charge in [-0.3, -0.25) is 9.59 Å². The standard InChI is InChI=1S/C22H27Cl2FN4O4S/c1-5-26-22(31)15(2)28(13-16-10-11-17(23)12-18(16)24)21(30)14-29(34(32,33)27(3)4)20-9-7-6-8-19(20)25/h6-12,15H,5,13-14H2,1-4H3,(H,26,31)/t15-/m0/s1. The van der Waals surface area contributed by atoms with Crippen LogP contribution in [0.5, 0.6) is 0 Å². The molecule has 8 nitrogen and oxygen atoms in total. The molecule has 1 atom stereocenters. The third kappa shape index (κ3) is 6.59. The molecular formula is C22H27Cl2FN4O4S. The number of nitrogens with zero attached hydrogens (tertiary/aromatic N) is 3. The van der Waals surface area contributed by atoms with E-state index in [1.807, 2.05) is 0 Å². The summed E-state index contributed by atoms with van der Waals surface area (Å²) in [5, 5.41) is 3.32. The molecule has 0 saturated heterocycles. The topological polar surface area (TPSA) is 90.0 Å². The van der Waals surface area contributed by atoms with Gasteiger partial charge in [0.2, 0.25) is 11.8 Å². The van der Waals surface area contributed by atoms with Gasteiger partial charge in [0.15, 0.2) is 0 Å². The lowest BCUT2D eigenvalue weighted by molar-refractivity contribution is -0.139. The summed E-state index contributed by atoms with van der Waals surface area (Å²) in [7, 11) is -1.70. The molecule has 2 rings (SSSR count). The van der Waals surface area contributed by atoms with Crippen LogP contribution in [0.1, 0.15) is 19.4 Å². The van der Waals surface area contributed by atoms with Crippen molar-refractivity contribution in [1.82, 2.24) is 14.5 Å². The fourth-order valence-electron chi connectivity index (χ4n) is 3.09. The third-order valence-corrected chi connectivity index (χ3v) is 7.41. The number of benzene rings is 2. The first-order valence-electron chi connectivity index (χ1n) is 10.4. The smallest absolute Gasteiger partial charge is 0.304 e. The molecule has 0 aliphatic heterocycles. The predicted octanol–water partition coefficient (Wildman–Crippen LogP) is 3.30. The van der Waals surface area contributed by atoms with Crippen LogP contribution in [0.15, 0.2) is 42.5 Å². The van der Waals surface area contributed by atoms with Crippen LogP contribution < -0.4 is 9.62 Å². The van der Waals surface area contributed by atoms with E-state index >= 15 is 0 Å². The average Bonchev–Trinajstić information content (AvgIpc) is 2.77. The molecule has 0 saturated carbocycles. The largest absolute Gasteiger partial charge is 0.355 e. The van der Waals surface area contributed by atoms with Crippen molar-refractivity contribution < 1.29 is 22.4 Å². The van der Waals surface area contributed by atoms with E-state index in [0.717, 1.165) is 10.4 Å². The van der Waals surface area contributed by atoms with Crippen LogP contribution in [0, 0.1) is 5.82 Å². The van der Waals surface area contributed by atoms with Crippen LogP contribution in [0.25, 0.3) is 0 Å². The molecule has 2 aromatic carbocycles. The van der Waals surface area contributed by atoms with Crippen LogP contribution in [-0.4, -0.2) is 62.7 Å². The Bertz CT molecular complexity index is 1150. The highest BCUT2D eigenvalue weighted by Gasteiger charge is 2.33. The van der Waals surface area contributed by atoms with Crippen molar-refractivity contribution in [3.8, 4) is 0 Å². The summed E-state index contributed by atoms with van der Waals surface area (Å²) in [6.07, 6.45) is 0. The summed E-state index contributed by atoms with van der Waals surface area (Å²) in [6.45, 7) is 2.75. The van der Waals surface area contributed by atoms with E-state index in [1.54, 1.807) is 19.1 Å². The van der Waals surface area contributed by atoms with Gasteiger partial charge in [-0.2, -0.15) is 12.7 Å². The van der Waals surface area contributed by atoms with Gasteiger partial charge in [0.1, 0.15) is 18.4 Å². The van der Waals surface area contributed by atoms with E-state index in [0.29, 0.717) is 21.4 Å². The maximum absolute atomic E-state index is 14.6. The summed E-state index contributed by atoms with van der Waals surface area (Å²) < 4.78 is 42.1. The van der Waals surface area contributed by atoms with Crippen LogP contribution in [-0.2, 0) is 26.3 Å². The Hall–Kier alpha value is -2.40. The number of rotatable bonds is 10. The van der Waals surface area contributed by atoms with Gasteiger partial charge in [0.05, 0.1) is 5.69 Å². The lowest BCUT2D eigenvalue weighted by Gasteiger charge is -2.33. The quantitative estimate of drug-likeness (QED) is 0.508. The molecule has 2 amide bonds. The van der Waals surface area contributed by atoms with Crippen molar-refractivity contribution in [2.45, 2.75) is 26.4 Å². The SMILES string of the molecule is CCNC(=O)[C@H](C)N(Cc1ccc(Cl)cc1Cl)C(=O)CN(c1ccccc1F)S(=O)(=O)N(C)C. The highest BCUT2D eigenvalue weighted by atomic mass is 35.5. The number of para-hydroxylation sites is 1. The van der Waals surface area contributed by atoms with E-state index in [-0.39, 0.29) is 17.3 Å². The second-order valence-corrected chi connectivity index (χ2v) is 10.5. The fourth-order valence-corrected chi connectivity index (χ4v) is 4.63. The number of amides is 2. The zero-order chi connectivity index (χ0) is 25.6. The number of halogens is 3. The zero-order valence-corrected chi connectivity index (χ0v) is 21.6. The maximum Gasteiger partial charge on any atom is 0.304 e. The number of hydrogen-bond acceptors (Lipinski definition) is 4. The molecule has 0 fully saturated rings. The van der Waals surface area contributed by atoms with Crippen LogP contribution in [0.2, 0.25) is 10.0 Å². The zero-order valence-electron chi connectivity index (χ0n) is 19.3. The van der Waals surface area contributed by atoms with Crippen LogP contribution in [0.4, 0.5) is 10.1 Å². The Morgan fingerprint density at radius 2 is 1.76 bits per heavy atom. The minimum absolute atomic E-state index is 0.0970. The van der Waals surface area contributed by atoms with Crippen molar-refractivity contribution >= 4 is 50.9 Å². The molecule has 0 radical (unpaired) electrons. The van der Waals surface area contributed by atoms with Crippen molar-refractivity contribution in [1.29, 1.82) is 0 Å². The van der Waals surface area contributed by atoms with Gasteiger partial charge in [-0.15, -0.1) is 0 Å². The molecule has 0 aliphatic rings. The van der Waals surface area contributed by atoms with Gasteiger partial charge in [-0.1, -0.05) is 41.4 Å². The highest BCUT2D eigenvalue weighted by molar-refractivity contribution is 7.90. The third-order valence-electron chi connectivity index (χ3n) is 5.01. The Balaban J connectivity index is 2.50. The summed E-state index contributed by atoms with van der Waals surface area (Å²) in [5.41, 5.74) is 0.211. The molecular weight excluding hydrogens is 506 g/mol. The molecule has 2 aromatic rings. The Labute approximate surface area is 209 Å². The Morgan fingerprint density at radius 1 is 1.12 bits per heavy atom. The molecule has 12 heteroatoms. The highest BCUT2D eigenvalue weighted by Crippen LogP contribution is 2.26. The van der Waals surface area contributed by atoms with Crippen molar-refractivity contribution in [2.75, 3.05) is 31.5 Å². The lowest BCUT2D eigenvalue weighted by atomic mass is 10.1. The molecule has 186 valence electrons. The van der Waals surface area contributed by atoms with E-state index in [4.69, 9.17) is 23.2 Å². The summed E-state index contributed by atoms with van der Waals surface area (Å²) in [4.78, 5) is 27.2. The van der Waals surface area contributed by atoms with Gasteiger partial charge in [-0.05, 0) is 43.7 Å². The number of carbonyl (C=O) groups excluding carboxylic acids is 2. The van der Waals surface area contributed by atoms with Crippen molar-refractivity contribution in [3.63, 3.8) is 0 Å². The van der Waals surface area contributed by atoms with Gasteiger partial charge >= 0.3 is 10.2 Å². The van der Waals surface area contributed by atoms with Gasteiger partial charge in [0, 0.05) is 37.2 Å². The fraction of sp³-hybridized carbons (Fsp3) is 0.364. The number of likely N-dealkylation sites (N-methyl/N-ethyl adjacent to an activating group) is 1. The number of hydrogen-bond donors (Lipinski definition) is 1. The van der Waals surface area contributed by atoms with E-state index in [2.05, 4.69) is 5.32 Å². The van der Waals surface area contributed by atoms with Gasteiger partial charge < -0.3 is 10.2 Å². The first-order chi connectivity index (χ1) is 15.9. The number of nitrogens with one attached hydrogen (secondary N) is 1. The summed E-state index contributed by atoms with van der Waals surface area (Å²) in [6, 6.07) is 8.96. The van der Waals surface area contributed by atoms with E-state index < -0.39 is 40.4 Å². The molecule has 0 spiro atoms.